The largest absolute Gasteiger partial charge is 0.396 e. The molecule has 0 spiro atoms. The fourth-order valence-corrected chi connectivity index (χ4v) is 1.68. The number of benzene rings is 1. The van der Waals surface area contributed by atoms with Crippen molar-refractivity contribution in [2.75, 3.05) is 23.4 Å². The number of anilines is 3. The summed E-state index contributed by atoms with van der Waals surface area (Å²) in [5.74, 6) is 0.759. The third kappa shape index (κ3) is 2.68. The number of nitrogens with zero attached hydrogens (tertiary/aromatic N) is 2. The number of rotatable bonds is 3. The summed E-state index contributed by atoms with van der Waals surface area (Å²) >= 11 is 0. The van der Waals surface area contributed by atoms with E-state index in [2.05, 4.69) is 4.98 Å². The van der Waals surface area contributed by atoms with E-state index in [1.54, 1.807) is 18.2 Å². The lowest BCUT2D eigenvalue weighted by Crippen LogP contribution is -2.18. The van der Waals surface area contributed by atoms with Gasteiger partial charge in [0.25, 0.3) is 0 Å². The van der Waals surface area contributed by atoms with Gasteiger partial charge in [-0.3, -0.25) is 0 Å². The molecule has 0 aliphatic heterocycles. The van der Waals surface area contributed by atoms with Gasteiger partial charge in [0, 0.05) is 13.6 Å². The van der Waals surface area contributed by atoms with Crippen molar-refractivity contribution in [1.29, 1.82) is 0 Å². The number of nitrogen functional groups attached to an aromatic ring is 2. The minimum atomic E-state index is -0.245. The van der Waals surface area contributed by atoms with Crippen LogP contribution in [0.1, 0.15) is 5.56 Å². The molecule has 1 aromatic carbocycles. The van der Waals surface area contributed by atoms with Crippen LogP contribution in [0.15, 0.2) is 36.4 Å². The minimum Gasteiger partial charge on any atom is -0.396 e. The molecule has 0 unspecified atom stereocenters. The summed E-state index contributed by atoms with van der Waals surface area (Å²) in [5.41, 5.74) is 12.6. The number of aromatic nitrogens is 1. The molecule has 0 bridgehead atoms. The quantitative estimate of drug-likeness (QED) is 0.869. The first kappa shape index (κ1) is 12.2. The Hall–Kier alpha value is -2.30. The first-order valence-corrected chi connectivity index (χ1v) is 5.54. The van der Waals surface area contributed by atoms with E-state index < -0.39 is 0 Å². The molecule has 0 saturated heterocycles. The molecule has 0 aliphatic carbocycles. The molecular formula is C13H15FN4. The Labute approximate surface area is 105 Å². The summed E-state index contributed by atoms with van der Waals surface area (Å²) in [6, 6.07) is 9.95. The van der Waals surface area contributed by atoms with E-state index in [0.717, 1.165) is 5.56 Å². The standard InChI is InChI=1S/C13H15FN4/c1-18(8-9-3-2-4-10(14)7-9)12-6-5-11(15)13(16)17-12/h2-7H,8,15H2,1H3,(H2,16,17). The molecule has 1 aromatic heterocycles. The highest BCUT2D eigenvalue weighted by Gasteiger charge is 2.06. The Bertz CT molecular complexity index is 556. The van der Waals surface area contributed by atoms with E-state index in [9.17, 15) is 4.39 Å². The van der Waals surface area contributed by atoms with Gasteiger partial charge in [-0.15, -0.1) is 0 Å². The summed E-state index contributed by atoms with van der Waals surface area (Å²) in [4.78, 5) is 6.06. The van der Waals surface area contributed by atoms with Crippen molar-refractivity contribution < 1.29 is 4.39 Å². The Morgan fingerprint density at radius 2 is 2.00 bits per heavy atom. The molecule has 4 N–H and O–H groups in total. The first-order valence-electron chi connectivity index (χ1n) is 5.54. The average molecular weight is 246 g/mol. The smallest absolute Gasteiger partial charge is 0.149 e. The summed E-state index contributed by atoms with van der Waals surface area (Å²) in [6.07, 6.45) is 0. The lowest BCUT2D eigenvalue weighted by Gasteiger charge is -2.18. The second-order valence-corrected chi connectivity index (χ2v) is 4.13. The minimum absolute atomic E-state index is 0.245. The zero-order valence-corrected chi connectivity index (χ0v) is 10.1. The van der Waals surface area contributed by atoms with Crippen LogP contribution in [-0.4, -0.2) is 12.0 Å². The van der Waals surface area contributed by atoms with E-state index in [0.29, 0.717) is 23.9 Å². The molecule has 5 heteroatoms. The van der Waals surface area contributed by atoms with Crippen LogP contribution in [0.4, 0.5) is 21.7 Å². The molecule has 0 amide bonds. The summed E-state index contributed by atoms with van der Waals surface area (Å²) < 4.78 is 13.1. The average Bonchev–Trinajstić information content (AvgIpc) is 2.32. The highest BCUT2D eigenvalue weighted by atomic mass is 19.1. The van der Waals surface area contributed by atoms with Crippen LogP contribution in [-0.2, 0) is 6.54 Å². The van der Waals surface area contributed by atoms with Gasteiger partial charge in [-0.25, -0.2) is 9.37 Å². The van der Waals surface area contributed by atoms with Gasteiger partial charge in [0.15, 0.2) is 0 Å². The van der Waals surface area contributed by atoms with E-state index in [1.165, 1.54) is 12.1 Å². The first-order chi connectivity index (χ1) is 8.56. The lowest BCUT2D eigenvalue weighted by molar-refractivity contribution is 0.625. The van der Waals surface area contributed by atoms with E-state index in [-0.39, 0.29) is 5.82 Å². The monoisotopic (exact) mass is 246 g/mol. The molecule has 0 atom stereocenters. The maximum absolute atomic E-state index is 13.1. The lowest BCUT2D eigenvalue weighted by atomic mass is 10.2. The number of hydrogen-bond acceptors (Lipinski definition) is 4. The zero-order chi connectivity index (χ0) is 13.1. The molecule has 2 aromatic rings. The van der Waals surface area contributed by atoms with Crippen molar-refractivity contribution in [2.45, 2.75) is 6.54 Å². The molecule has 94 valence electrons. The van der Waals surface area contributed by atoms with Crippen LogP contribution in [0.2, 0.25) is 0 Å². The van der Waals surface area contributed by atoms with Crippen molar-refractivity contribution in [3.8, 4) is 0 Å². The molecule has 2 rings (SSSR count). The Morgan fingerprint density at radius 3 is 2.67 bits per heavy atom. The van der Waals surface area contributed by atoms with Gasteiger partial charge in [-0.1, -0.05) is 12.1 Å². The van der Waals surface area contributed by atoms with Crippen LogP contribution < -0.4 is 16.4 Å². The van der Waals surface area contributed by atoms with Gasteiger partial charge in [-0.2, -0.15) is 0 Å². The highest BCUT2D eigenvalue weighted by molar-refractivity contribution is 5.62. The van der Waals surface area contributed by atoms with Crippen molar-refractivity contribution in [2.24, 2.45) is 0 Å². The van der Waals surface area contributed by atoms with Gasteiger partial charge in [-0.05, 0) is 29.8 Å². The normalized spacial score (nSPS) is 10.3. The van der Waals surface area contributed by atoms with Gasteiger partial charge < -0.3 is 16.4 Å². The van der Waals surface area contributed by atoms with Gasteiger partial charge in [0.1, 0.15) is 17.5 Å². The summed E-state index contributed by atoms with van der Waals surface area (Å²) in [5, 5.41) is 0. The molecule has 0 radical (unpaired) electrons. The SMILES string of the molecule is CN(Cc1cccc(F)c1)c1ccc(N)c(N)n1. The molecule has 4 nitrogen and oxygen atoms in total. The predicted octanol–water partition coefficient (Wildman–Crippen LogP) is 2.02. The Balaban J connectivity index is 2.16. The maximum atomic E-state index is 13.1. The van der Waals surface area contributed by atoms with E-state index >= 15 is 0 Å². The van der Waals surface area contributed by atoms with Crippen LogP contribution in [0.3, 0.4) is 0 Å². The third-order valence-electron chi connectivity index (χ3n) is 2.64. The number of halogens is 1. The number of hydrogen-bond donors (Lipinski definition) is 2. The van der Waals surface area contributed by atoms with Gasteiger partial charge in [0.2, 0.25) is 0 Å². The topological polar surface area (TPSA) is 68.2 Å². The molecule has 0 saturated carbocycles. The highest BCUT2D eigenvalue weighted by Crippen LogP contribution is 2.19. The maximum Gasteiger partial charge on any atom is 0.149 e. The van der Waals surface area contributed by atoms with Crippen LogP contribution in [0.5, 0.6) is 0 Å². The molecule has 1 heterocycles. The molecular weight excluding hydrogens is 231 g/mol. The fraction of sp³-hybridized carbons (Fsp3) is 0.154. The molecule has 0 aliphatic rings. The Morgan fingerprint density at radius 1 is 1.22 bits per heavy atom. The fourth-order valence-electron chi connectivity index (χ4n) is 1.68. The van der Waals surface area contributed by atoms with Crippen molar-refractivity contribution >= 4 is 17.3 Å². The van der Waals surface area contributed by atoms with Crippen molar-refractivity contribution in [1.82, 2.24) is 4.98 Å². The number of pyridine rings is 1. The van der Waals surface area contributed by atoms with Crippen molar-refractivity contribution in [3.05, 3.63) is 47.8 Å². The van der Waals surface area contributed by atoms with Crippen molar-refractivity contribution in [3.63, 3.8) is 0 Å². The van der Waals surface area contributed by atoms with Crippen LogP contribution >= 0.6 is 0 Å². The van der Waals surface area contributed by atoms with E-state index in [1.807, 2.05) is 18.0 Å². The number of nitrogens with two attached hydrogens (primary N) is 2. The zero-order valence-electron chi connectivity index (χ0n) is 10.1. The van der Waals surface area contributed by atoms with E-state index in [4.69, 9.17) is 11.5 Å². The third-order valence-corrected chi connectivity index (χ3v) is 2.64. The van der Waals surface area contributed by atoms with Crippen LogP contribution in [0, 0.1) is 5.82 Å². The van der Waals surface area contributed by atoms with Gasteiger partial charge >= 0.3 is 0 Å². The molecule has 0 fully saturated rings. The summed E-state index contributed by atoms with van der Waals surface area (Å²) in [7, 11) is 1.86. The van der Waals surface area contributed by atoms with Gasteiger partial charge in [0.05, 0.1) is 5.69 Å². The predicted molar refractivity (Wildman–Crippen MR) is 71.6 cm³/mol. The second kappa shape index (κ2) is 4.91. The van der Waals surface area contributed by atoms with Crippen LogP contribution in [0.25, 0.3) is 0 Å². The molecule has 18 heavy (non-hydrogen) atoms. The second-order valence-electron chi connectivity index (χ2n) is 4.13. The summed E-state index contributed by atoms with van der Waals surface area (Å²) in [6.45, 7) is 0.550. The Kier molecular flexibility index (Phi) is 3.32.